The van der Waals surface area contributed by atoms with Gasteiger partial charge < -0.3 is 30.6 Å². The van der Waals surface area contributed by atoms with Crippen LogP contribution in [-0.4, -0.2) is 97.3 Å². The second-order valence-electron chi connectivity index (χ2n) is 16.4. The monoisotopic (exact) mass is 884 g/mol. The Bertz CT molecular complexity index is 2800. The molecule has 19 heteroatoms. The van der Waals surface area contributed by atoms with Crippen LogP contribution in [0.15, 0.2) is 79.6 Å². The molecule has 4 amide bonds. The van der Waals surface area contributed by atoms with Crippen molar-refractivity contribution >= 4 is 52.0 Å². The van der Waals surface area contributed by atoms with Crippen LogP contribution < -0.4 is 31.3 Å². The van der Waals surface area contributed by atoms with Crippen molar-refractivity contribution in [3.8, 4) is 17.0 Å². The van der Waals surface area contributed by atoms with Crippen LogP contribution in [0.2, 0.25) is 0 Å². The molecule has 4 aromatic heterocycles. The molecule has 0 radical (unpaired) electrons. The number of ether oxygens (including phenoxy) is 1. The second-order valence-corrected chi connectivity index (χ2v) is 16.4. The lowest BCUT2D eigenvalue weighted by Crippen LogP contribution is -2.54. The maximum Gasteiger partial charge on any atom is 0.264 e. The van der Waals surface area contributed by atoms with Crippen LogP contribution in [0.25, 0.3) is 22.4 Å². The number of amides is 4. The van der Waals surface area contributed by atoms with Gasteiger partial charge in [0.25, 0.3) is 11.8 Å². The highest BCUT2D eigenvalue weighted by molar-refractivity contribution is 6.25. The smallest absolute Gasteiger partial charge is 0.264 e. The van der Waals surface area contributed by atoms with E-state index in [4.69, 9.17) is 10.5 Å². The van der Waals surface area contributed by atoms with E-state index < -0.39 is 52.6 Å². The van der Waals surface area contributed by atoms with Gasteiger partial charge in [-0.05, 0) is 86.6 Å². The number of carbonyl (C=O) groups excluding carboxylic acids is 4. The van der Waals surface area contributed by atoms with E-state index in [-0.39, 0.29) is 29.5 Å². The van der Waals surface area contributed by atoms with Gasteiger partial charge in [-0.25, -0.2) is 23.7 Å². The van der Waals surface area contributed by atoms with Gasteiger partial charge in [0.15, 0.2) is 28.8 Å². The van der Waals surface area contributed by atoms with Crippen LogP contribution in [0.1, 0.15) is 76.9 Å². The molecule has 1 unspecified atom stereocenters. The Morgan fingerprint density at radius 1 is 0.923 bits per heavy atom. The van der Waals surface area contributed by atoms with Crippen LogP contribution in [0.5, 0.6) is 5.75 Å². The van der Waals surface area contributed by atoms with Gasteiger partial charge in [0.2, 0.25) is 11.8 Å². The van der Waals surface area contributed by atoms with Gasteiger partial charge in [-0.2, -0.15) is 0 Å². The molecule has 2 atom stereocenters. The number of halogens is 2. The third-order valence-electron chi connectivity index (χ3n) is 12.2. The molecule has 3 aliphatic rings. The number of hydrogen-bond acceptors (Lipinski definition) is 14. The molecule has 3 aliphatic heterocycles. The number of anilines is 3. The molecule has 9 rings (SSSR count). The van der Waals surface area contributed by atoms with Gasteiger partial charge in [-0.1, -0.05) is 12.1 Å². The van der Waals surface area contributed by atoms with Crippen molar-refractivity contribution < 1.29 is 32.7 Å². The summed E-state index contributed by atoms with van der Waals surface area (Å²) in [5, 5.41) is 8.90. The lowest BCUT2D eigenvalue weighted by Gasteiger charge is -2.41. The van der Waals surface area contributed by atoms with Crippen molar-refractivity contribution in [2.45, 2.75) is 63.1 Å². The number of unbranched alkanes of at least 4 members (excludes halogenated alkanes) is 2. The zero-order valence-corrected chi connectivity index (χ0v) is 35.5. The first kappa shape index (κ1) is 42.9. The Labute approximate surface area is 371 Å². The number of benzene rings is 2. The zero-order chi connectivity index (χ0) is 45.2. The summed E-state index contributed by atoms with van der Waals surface area (Å²) >= 11 is 0. The summed E-state index contributed by atoms with van der Waals surface area (Å²) in [6.07, 6.45) is 10.7. The molecular formula is C46H46F2N12O5. The first-order valence-electron chi connectivity index (χ1n) is 21.5. The third-order valence-corrected chi connectivity index (χ3v) is 12.2. The number of nitrogens with zero attached hydrogens (tertiary/aromatic N) is 8. The maximum absolute atomic E-state index is 14.9. The predicted octanol–water partition coefficient (Wildman–Crippen LogP) is 5.17. The molecule has 17 nitrogen and oxygen atoms in total. The number of aromatic nitrogens is 6. The largest absolute Gasteiger partial charge is 0.491 e. The molecule has 65 heavy (non-hydrogen) atoms. The van der Waals surface area contributed by atoms with Crippen molar-refractivity contribution in [2.75, 3.05) is 48.8 Å². The van der Waals surface area contributed by atoms with Crippen molar-refractivity contribution in [1.29, 1.82) is 0 Å². The quantitative estimate of drug-likeness (QED) is 0.0774. The number of imide groups is 2. The fourth-order valence-electron chi connectivity index (χ4n) is 8.95. The summed E-state index contributed by atoms with van der Waals surface area (Å²) < 4.78 is 36.6. The van der Waals surface area contributed by atoms with Crippen molar-refractivity contribution in [1.82, 2.24) is 39.7 Å². The van der Waals surface area contributed by atoms with Gasteiger partial charge in [0.1, 0.15) is 17.9 Å². The van der Waals surface area contributed by atoms with Gasteiger partial charge in [0, 0.05) is 50.0 Å². The van der Waals surface area contributed by atoms with E-state index in [1.165, 1.54) is 25.6 Å². The van der Waals surface area contributed by atoms with Crippen molar-refractivity contribution in [2.24, 2.45) is 5.73 Å². The van der Waals surface area contributed by atoms with E-state index in [1.54, 1.807) is 36.9 Å². The van der Waals surface area contributed by atoms with Crippen LogP contribution >= 0.6 is 0 Å². The molecule has 0 saturated carbocycles. The minimum Gasteiger partial charge on any atom is -0.491 e. The minimum atomic E-state index is -1.03. The molecule has 334 valence electrons. The lowest BCUT2D eigenvalue weighted by molar-refractivity contribution is -0.136. The Hall–Kier alpha value is -7.41. The summed E-state index contributed by atoms with van der Waals surface area (Å²) in [5.74, 6) is -3.76. The Morgan fingerprint density at radius 3 is 2.51 bits per heavy atom. The van der Waals surface area contributed by atoms with E-state index in [0.29, 0.717) is 61.1 Å². The molecule has 2 fully saturated rings. The first-order valence-corrected chi connectivity index (χ1v) is 21.5. The molecule has 6 aromatic rings. The minimum absolute atomic E-state index is 0.0510. The molecular weight excluding hydrogens is 839 g/mol. The number of hydrogen-bond donors (Lipinski definition) is 4. The summed E-state index contributed by atoms with van der Waals surface area (Å²) in [4.78, 5) is 77.0. The summed E-state index contributed by atoms with van der Waals surface area (Å²) in [7, 11) is 1.21. The third kappa shape index (κ3) is 8.41. The number of rotatable bonds is 15. The number of nitrogens with one attached hydrogen (secondary N) is 3. The molecule has 5 N–H and O–H groups in total. The highest BCUT2D eigenvalue weighted by atomic mass is 19.1. The van der Waals surface area contributed by atoms with Gasteiger partial charge in [-0.3, -0.25) is 39.4 Å². The standard InChI is InChI=1S/C46H46F2N12O5/c1-65-40-30(47)19-27(20-31(40)48)33-21-28(35(22-53-33)58-18-8-14-46(49,24-58)36-11-3-6-16-51-36)23-59-26-56-39-41(54-25-55-42(39)59)52-17-5-2-4-15-50-32-10-7-9-29-38(32)45(64)60(44(29)63)34-12-13-37(61)57-43(34)62/h3,6-7,9-11,16,19-22,25-26,34,50H,2,4-5,8,12-15,17-18,23-24,49H2,1H3,(H,52,54,55)(H,57,61,62)/t34?,46-/m0/s1. The predicted molar refractivity (Wildman–Crippen MR) is 236 cm³/mol. The number of carbonyl (C=O) groups is 4. The van der Waals surface area contributed by atoms with Gasteiger partial charge >= 0.3 is 0 Å². The second kappa shape index (κ2) is 18.0. The SMILES string of the molecule is COc1c(F)cc(-c2cc(Cn3cnc4c(NCCCCCNc5cccc6c5C(=O)N(C5CCC(=O)NC5=O)C6=O)ncnc43)c(N3CCC[C@@](N)(c4ccccn4)C3)cn2)cc1F. The van der Waals surface area contributed by atoms with Crippen molar-refractivity contribution in [3.63, 3.8) is 0 Å². The fourth-order valence-corrected chi connectivity index (χ4v) is 8.95. The normalized spacial score (nSPS) is 18.6. The van der Waals surface area contributed by atoms with Crippen LogP contribution in [0.3, 0.4) is 0 Å². The van der Waals surface area contributed by atoms with Crippen LogP contribution in [0, 0.1) is 11.6 Å². The maximum atomic E-state index is 14.9. The molecule has 0 spiro atoms. The average molecular weight is 885 g/mol. The highest BCUT2D eigenvalue weighted by Gasteiger charge is 2.45. The van der Waals surface area contributed by atoms with E-state index in [0.717, 1.165) is 53.9 Å². The zero-order valence-electron chi connectivity index (χ0n) is 35.5. The first-order chi connectivity index (χ1) is 31.5. The number of fused-ring (bicyclic) bond motifs is 2. The van der Waals surface area contributed by atoms with E-state index in [2.05, 4.69) is 45.8 Å². The number of pyridine rings is 2. The molecule has 0 bridgehead atoms. The van der Waals surface area contributed by atoms with Gasteiger partial charge in [0.05, 0.1) is 59.9 Å². The number of piperidine rings is 2. The summed E-state index contributed by atoms with van der Waals surface area (Å²) in [6, 6.07) is 13.9. The topological polar surface area (TPSA) is 215 Å². The average Bonchev–Trinajstić information content (AvgIpc) is 3.83. The van der Waals surface area contributed by atoms with E-state index >= 15 is 0 Å². The fraction of sp³-hybridized carbons (Fsp3) is 0.326. The molecule has 2 saturated heterocycles. The van der Waals surface area contributed by atoms with Gasteiger partial charge in [-0.15, -0.1) is 0 Å². The Balaban J connectivity index is 0.865. The van der Waals surface area contributed by atoms with Crippen molar-refractivity contribution in [3.05, 3.63) is 114 Å². The highest BCUT2D eigenvalue weighted by Crippen LogP contribution is 2.36. The Morgan fingerprint density at radius 2 is 1.74 bits per heavy atom. The summed E-state index contributed by atoms with van der Waals surface area (Å²) in [5.41, 5.74) is 11.5. The van der Waals surface area contributed by atoms with E-state index in [9.17, 15) is 28.0 Å². The molecule has 7 heterocycles. The lowest BCUT2D eigenvalue weighted by atomic mass is 9.86. The Kier molecular flexibility index (Phi) is 11.9. The molecule has 2 aromatic carbocycles. The number of nitrogens with two attached hydrogens (primary N) is 1. The van der Waals surface area contributed by atoms with E-state index in [1.807, 2.05) is 28.8 Å². The number of methoxy groups -OCH3 is 1. The van der Waals surface area contributed by atoms with Crippen LogP contribution in [-0.2, 0) is 21.7 Å². The van der Waals surface area contributed by atoms with Crippen LogP contribution in [0.4, 0.5) is 26.0 Å². The molecule has 0 aliphatic carbocycles. The number of imidazole rings is 1. The summed E-state index contributed by atoms with van der Waals surface area (Å²) in [6.45, 7) is 2.60.